The second-order valence-electron chi connectivity index (χ2n) is 7.52. The predicted octanol–water partition coefficient (Wildman–Crippen LogP) is 3.49. The van der Waals surface area contributed by atoms with E-state index in [1.54, 1.807) is 6.07 Å². The summed E-state index contributed by atoms with van der Waals surface area (Å²) in [6, 6.07) is 14.1. The number of rotatable bonds is 8. The van der Waals surface area contributed by atoms with E-state index >= 15 is 0 Å². The molecule has 31 heavy (non-hydrogen) atoms. The van der Waals surface area contributed by atoms with Crippen LogP contribution in [0, 0.1) is 10.1 Å². The van der Waals surface area contributed by atoms with Crippen molar-refractivity contribution in [3.8, 4) is 0 Å². The molecule has 3 rings (SSSR count). The third kappa shape index (κ3) is 6.53. The van der Waals surface area contributed by atoms with Gasteiger partial charge in [-0.05, 0) is 37.0 Å². The molecule has 1 aliphatic rings. The van der Waals surface area contributed by atoms with E-state index in [1.807, 2.05) is 35.2 Å². The molecule has 0 spiro atoms. The summed E-state index contributed by atoms with van der Waals surface area (Å²) in [5, 5.41) is 14.3. The summed E-state index contributed by atoms with van der Waals surface area (Å²) in [5.74, 6) is -1.18. The molecule has 0 radical (unpaired) electrons. The van der Waals surface area contributed by atoms with Gasteiger partial charge in [-0.1, -0.05) is 43.2 Å². The zero-order valence-corrected chi connectivity index (χ0v) is 17.4. The molecule has 1 N–H and O–H groups in total. The van der Waals surface area contributed by atoms with Crippen molar-refractivity contribution in [2.75, 3.05) is 31.1 Å². The second kappa shape index (κ2) is 11.1. The molecular weight excluding hydrogens is 398 g/mol. The van der Waals surface area contributed by atoms with Gasteiger partial charge in [-0.25, -0.2) is 4.79 Å². The number of nitrogens with one attached hydrogen (secondary N) is 1. The number of nitro benzene ring substituents is 1. The summed E-state index contributed by atoms with van der Waals surface area (Å²) in [7, 11) is 0. The van der Waals surface area contributed by atoms with Crippen molar-refractivity contribution in [1.29, 1.82) is 0 Å². The number of anilines is 1. The minimum Gasteiger partial charge on any atom is -0.452 e. The molecule has 1 fully saturated rings. The van der Waals surface area contributed by atoms with Gasteiger partial charge < -0.3 is 15.0 Å². The molecular formula is C23H27N3O5. The van der Waals surface area contributed by atoms with Gasteiger partial charge in [-0.2, -0.15) is 0 Å². The molecule has 2 aromatic carbocycles. The van der Waals surface area contributed by atoms with Crippen LogP contribution in [0.3, 0.4) is 0 Å². The largest absolute Gasteiger partial charge is 0.452 e. The quantitative estimate of drug-likeness (QED) is 0.395. The van der Waals surface area contributed by atoms with Gasteiger partial charge in [0, 0.05) is 25.7 Å². The summed E-state index contributed by atoms with van der Waals surface area (Å²) in [5.41, 5.74) is 1.55. The Kier molecular flexibility index (Phi) is 7.98. The summed E-state index contributed by atoms with van der Waals surface area (Å²) in [6.45, 7) is 1.51. The molecule has 1 saturated heterocycles. The summed E-state index contributed by atoms with van der Waals surface area (Å²) >= 11 is 0. The smallest absolute Gasteiger partial charge is 0.338 e. The molecule has 8 nitrogen and oxygen atoms in total. The lowest BCUT2D eigenvalue weighted by Crippen LogP contribution is -2.30. The van der Waals surface area contributed by atoms with Crippen LogP contribution in [0.5, 0.6) is 0 Å². The highest BCUT2D eigenvalue weighted by atomic mass is 16.6. The van der Waals surface area contributed by atoms with Crippen LogP contribution in [0.25, 0.3) is 0 Å². The van der Waals surface area contributed by atoms with E-state index < -0.39 is 23.4 Å². The zero-order chi connectivity index (χ0) is 22.1. The number of benzene rings is 2. The van der Waals surface area contributed by atoms with E-state index in [2.05, 4.69) is 5.32 Å². The van der Waals surface area contributed by atoms with Crippen LogP contribution >= 0.6 is 0 Å². The number of nitro groups is 1. The van der Waals surface area contributed by atoms with Gasteiger partial charge >= 0.3 is 5.97 Å². The maximum Gasteiger partial charge on any atom is 0.338 e. The number of nitrogens with zero attached hydrogens (tertiary/aromatic N) is 2. The monoisotopic (exact) mass is 425 g/mol. The highest BCUT2D eigenvalue weighted by Crippen LogP contribution is 2.31. The van der Waals surface area contributed by atoms with Crippen LogP contribution in [0.4, 0.5) is 11.4 Å². The number of carbonyl (C=O) groups is 2. The van der Waals surface area contributed by atoms with Crippen molar-refractivity contribution < 1.29 is 19.2 Å². The number of ether oxygens (including phenoxy) is 1. The highest BCUT2D eigenvalue weighted by Gasteiger charge is 2.23. The fraction of sp³-hybridized carbons (Fsp3) is 0.391. The standard InChI is InChI=1S/C23H27N3O5/c27-22(24-13-12-18-8-4-3-5-9-18)17-31-23(28)19-10-11-20(21(16-19)26(29)30)25-14-6-1-2-7-15-25/h3-5,8-11,16H,1-2,6-7,12-15,17H2,(H,24,27). The van der Waals surface area contributed by atoms with Crippen molar-refractivity contribution in [3.05, 3.63) is 69.8 Å². The molecule has 1 amide bonds. The highest BCUT2D eigenvalue weighted by molar-refractivity contribution is 5.93. The van der Waals surface area contributed by atoms with Crippen molar-refractivity contribution in [3.63, 3.8) is 0 Å². The number of amides is 1. The Balaban J connectivity index is 1.55. The molecule has 0 atom stereocenters. The van der Waals surface area contributed by atoms with Crippen molar-refractivity contribution >= 4 is 23.3 Å². The summed E-state index contributed by atoms with van der Waals surface area (Å²) in [4.78, 5) is 37.4. The van der Waals surface area contributed by atoms with Crippen molar-refractivity contribution in [1.82, 2.24) is 5.32 Å². The Morgan fingerprint density at radius 2 is 1.74 bits per heavy atom. The number of hydrogen-bond donors (Lipinski definition) is 1. The minimum absolute atomic E-state index is 0.0577. The van der Waals surface area contributed by atoms with Crippen LogP contribution in [-0.4, -0.2) is 43.0 Å². The lowest BCUT2D eigenvalue weighted by atomic mass is 10.1. The van der Waals surface area contributed by atoms with E-state index in [-0.39, 0.29) is 11.3 Å². The topological polar surface area (TPSA) is 102 Å². The molecule has 0 unspecified atom stereocenters. The van der Waals surface area contributed by atoms with Crippen LogP contribution in [0.2, 0.25) is 0 Å². The van der Waals surface area contributed by atoms with Crippen LogP contribution in [-0.2, 0) is 16.0 Å². The van der Waals surface area contributed by atoms with Gasteiger partial charge in [0.05, 0.1) is 10.5 Å². The van der Waals surface area contributed by atoms with Crippen LogP contribution in [0.1, 0.15) is 41.6 Å². The van der Waals surface area contributed by atoms with E-state index in [0.29, 0.717) is 18.7 Å². The Hall–Kier alpha value is -3.42. The van der Waals surface area contributed by atoms with Gasteiger partial charge in [0.25, 0.3) is 11.6 Å². The molecule has 164 valence electrons. The molecule has 1 heterocycles. The van der Waals surface area contributed by atoms with Gasteiger partial charge in [0.15, 0.2) is 6.61 Å². The first-order valence-electron chi connectivity index (χ1n) is 10.6. The Morgan fingerprint density at radius 3 is 2.42 bits per heavy atom. The minimum atomic E-state index is -0.760. The predicted molar refractivity (Wildman–Crippen MR) is 117 cm³/mol. The van der Waals surface area contributed by atoms with E-state index in [0.717, 1.165) is 44.3 Å². The van der Waals surface area contributed by atoms with Gasteiger partial charge in [-0.3, -0.25) is 14.9 Å². The molecule has 2 aromatic rings. The van der Waals surface area contributed by atoms with E-state index in [4.69, 9.17) is 4.74 Å². The second-order valence-corrected chi connectivity index (χ2v) is 7.52. The first-order chi connectivity index (χ1) is 15.0. The van der Waals surface area contributed by atoms with Gasteiger partial charge in [-0.15, -0.1) is 0 Å². The maximum absolute atomic E-state index is 12.3. The third-order valence-corrected chi connectivity index (χ3v) is 5.27. The molecule has 1 aliphatic heterocycles. The zero-order valence-electron chi connectivity index (χ0n) is 17.4. The summed E-state index contributed by atoms with van der Waals surface area (Å²) in [6.07, 6.45) is 4.87. The number of esters is 1. The van der Waals surface area contributed by atoms with Gasteiger partial charge in [0.2, 0.25) is 0 Å². The molecule has 0 saturated carbocycles. The normalized spacial score (nSPS) is 13.9. The number of hydrogen-bond acceptors (Lipinski definition) is 6. The van der Waals surface area contributed by atoms with Crippen LogP contribution in [0.15, 0.2) is 48.5 Å². The first-order valence-corrected chi connectivity index (χ1v) is 10.6. The van der Waals surface area contributed by atoms with Gasteiger partial charge in [0.1, 0.15) is 5.69 Å². The lowest BCUT2D eigenvalue weighted by molar-refractivity contribution is -0.384. The lowest BCUT2D eigenvalue weighted by Gasteiger charge is -2.22. The molecule has 0 aromatic heterocycles. The third-order valence-electron chi connectivity index (χ3n) is 5.27. The SMILES string of the molecule is O=C(COC(=O)c1ccc(N2CCCCCC2)c([N+](=O)[O-])c1)NCCc1ccccc1. The average Bonchev–Trinajstić information content (AvgIpc) is 3.07. The molecule has 0 aliphatic carbocycles. The molecule has 8 heteroatoms. The van der Waals surface area contributed by atoms with E-state index in [9.17, 15) is 19.7 Å². The Bertz CT molecular complexity index is 909. The van der Waals surface area contributed by atoms with Crippen molar-refractivity contribution in [2.45, 2.75) is 32.1 Å². The molecule has 0 bridgehead atoms. The fourth-order valence-electron chi connectivity index (χ4n) is 3.63. The van der Waals surface area contributed by atoms with Crippen molar-refractivity contribution in [2.24, 2.45) is 0 Å². The number of carbonyl (C=O) groups excluding carboxylic acids is 2. The Morgan fingerprint density at radius 1 is 1.03 bits per heavy atom. The first kappa shape index (κ1) is 22.3. The fourth-order valence-corrected chi connectivity index (χ4v) is 3.63. The maximum atomic E-state index is 12.3. The Labute approximate surface area is 181 Å². The summed E-state index contributed by atoms with van der Waals surface area (Å²) < 4.78 is 5.05. The van der Waals surface area contributed by atoms with Crippen LogP contribution < -0.4 is 10.2 Å². The average molecular weight is 425 g/mol. The van der Waals surface area contributed by atoms with E-state index in [1.165, 1.54) is 12.1 Å².